The Morgan fingerprint density at radius 2 is 1.78 bits per heavy atom. The first-order valence-corrected chi connectivity index (χ1v) is 16.6. The zero-order valence-electron chi connectivity index (χ0n) is 27.5. The van der Waals surface area contributed by atoms with Crippen molar-refractivity contribution in [3.05, 3.63) is 88.5 Å². The van der Waals surface area contributed by atoms with Crippen LogP contribution in [0.3, 0.4) is 0 Å². The van der Waals surface area contributed by atoms with Crippen molar-refractivity contribution in [1.82, 2.24) is 9.80 Å². The maximum atomic E-state index is 11.5. The van der Waals surface area contributed by atoms with E-state index in [0.717, 1.165) is 50.8 Å². The smallest absolute Gasteiger partial charge is 0.248 e. The predicted molar refractivity (Wildman–Crippen MR) is 179 cm³/mol. The van der Waals surface area contributed by atoms with E-state index in [9.17, 15) is 4.79 Å². The second kappa shape index (κ2) is 11.4. The number of anilines is 1. The lowest BCUT2D eigenvalue weighted by molar-refractivity contribution is -0.0647. The van der Waals surface area contributed by atoms with E-state index in [1.807, 2.05) is 24.3 Å². The number of primary amides is 1. The van der Waals surface area contributed by atoms with Crippen molar-refractivity contribution in [1.29, 1.82) is 0 Å². The number of rotatable bonds is 8. The van der Waals surface area contributed by atoms with Gasteiger partial charge >= 0.3 is 0 Å². The SMILES string of the molecule is COc1cc(CN2CCN(C3CC4(C3)CN(c3ccc(C(N)=O)cc3)C4)[C@H](c3ccccc3C(C)C)C2)cc2c1OCC2(C)C. The van der Waals surface area contributed by atoms with Gasteiger partial charge in [-0.05, 0) is 71.8 Å². The molecule has 1 amide bonds. The lowest BCUT2D eigenvalue weighted by atomic mass is 9.59. The highest BCUT2D eigenvalue weighted by Crippen LogP contribution is 2.53. The van der Waals surface area contributed by atoms with E-state index >= 15 is 0 Å². The summed E-state index contributed by atoms with van der Waals surface area (Å²) >= 11 is 0. The van der Waals surface area contributed by atoms with Crippen LogP contribution in [0.15, 0.2) is 60.7 Å². The molecule has 2 N–H and O–H groups in total. The summed E-state index contributed by atoms with van der Waals surface area (Å²) in [5.74, 6) is 1.88. The number of ether oxygens (including phenoxy) is 2. The minimum absolute atomic E-state index is 0.0136. The lowest BCUT2D eigenvalue weighted by Gasteiger charge is -2.63. The zero-order chi connectivity index (χ0) is 31.5. The van der Waals surface area contributed by atoms with Crippen molar-refractivity contribution in [3.63, 3.8) is 0 Å². The first-order chi connectivity index (χ1) is 21.6. The van der Waals surface area contributed by atoms with Crippen LogP contribution in [0.5, 0.6) is 11.5 Å². The van der Waals surface area contributed by atoms with Gasteiger partial charge in [-0.3, -0.25) is 14.6 Å². The Bertz CT molecular complexity index is 1570. The number of nitrogens with zero attached hydrogens (tertiary/aromatic N) is 3. The van der Waals surface area contributed by atoms with Gasteiger partial charge in [0.2, 0.25) is 5.91 Å². The molecule has 7 rings (SSSR count). The van der Waals surface area contributed by atoms with Crippen molar-refractivity contribution < 1.29 is 14.3 Å². The summed E-state index contributed by atoms with van der Waals surface area (Å²) in [4.78, 5) is 19.4. The fourth-order valence-corrected chi connectivity index (χ4v) is 8.41. The summed E-state index contributed by atoms with van der Waals surface area (Å²) in [5.41, 5.74) is 13.1. The lowest BCUT2D eigenvalue weighted by Crippen LogP contribution is -2.68. The standard InChI is InChI=1S/C38H48N4O3/c1-25(2)30-8-6-7-9-31(30)33-21-40(20-26-16-32-35(34(17-26)44-5)45-24-37(32,3)4)14-15-42(33)29-18-38(19-29)22-41(23-38)28-12-10-27(11-13-28)36(39)43/h6-13,16-17,25,29,33H,14-15,18-24H2,1-5H3,(H2,39,43)/t33-/m0/s1. The average molecular weight is 609 g/mol. The van der Waals surface area contributed by atoms with E-state index in [-0.39, 0.29) is 11.3 Å². The molecule has 0 aromatic heterocycles. The van der Waals surface area contributed by atoms with Crippen LogP contribution >= 0.6 is 0 Å². The Kier molecular flexibility index (Phi) is 7.60. The van der Waals surface area contributed by atoms with Crippen molar-refractivity contribution in [3.8, 4) is 11.5 Å². The Hall–Kier alpha value is -3.55. The van der Waals surface area contributed by atoms with E-state index in [0.29, 0.717) is 35.6 Å². The van der Waals surface area contributed by atoms with Crippen LogP contribution in [-0.2, 0) is 12.0 Å². The Morgan fingerprint density at radius 3 is 2.47 bits per heavy atom. The molecule has 1 spiro atoms. The number of hydrogen-bond acceptors (Lipinski definition) is 6. The van der Waals surface area contributed by atoms with Gasteiger partial charge in [-0.1, -0.05) is 52.0 Å². The predicted octanol–water partition coefficient (Wildman–Crippen LogP) is 6.12. The molecule has 4 aliphatic rings. The molecule has 2 saturated heterocycles. The number of carbonyl (C=O) groups is 1. The molecule has 238 valence electrons. The molecule has 3 heterocycles. The van der Waals surface area contributed by atoms with Gasteiger partial charge in [0.25, 0.3) is 0 Å². The molecule has 7 nitrogen and oxygen atoms in total. The number of carbonyl (C=O) groups excluding carboxylic acids is 1. The first kappa shape index (κ1) is 30.1. The fourth-order valence-electron chi connectivity index (χ4n) is 8.41. The molecular weight excluding hydrogens is 560 g/mol. The second-order valence-corrected chi connectivity index (χ2v) is 14.9. The molecule has 0 bridgehead atoms. The highest BCUT2D eigenvalue weighted by atomic mass is 16.5. The van der Waals surface area contributed by atoms with Crippen molar-refractivity contribution >= 4 is 11.6 Å². The van der Waals surface area contributed by atoms with Crippen molar-refractivity contribution in [2.24, 2.45) is 11.1 Å². The highest BCUT2D eigenvalue weighted by molar-refractivity contribution is 5.93. The van der Waals surface area contributed by atoms with Crippen LogP contribution in [-0.4, -0.2) is 68.2 Å². The van der Waals surface area contributed by atoms with Crippen LogP contribution < -0.4 is 20.1 Å². The molecule has 3 fully saturated rings. The molecule has 3 aromatic carbocycles. The minimum Gasteiger partial charge on any atom is -0.493 e. The van der Waals surface area contributed by atoms with Crippen LogP contribution in [0.4, 0.5) is 5.69 Å². The van der Waals surface area contributed by atoms with Crippen LogP contribution in [0.1, 0.15) is 85.1 Å². The summed E-state index contributed by atoms with van der Waals surface area (Å²) in [6.45, 7) is 16.1. The van der Waals surface area contributed by atoms with Gasteiger partial charge in [0.1, 0.15) is 0 Å². The Balaban J connectivity index is 1.08. The molecule has 0 unspecified atom stereocenters. The number of amides is 1. The van der Waals surface area contributed by atoms with E-state index < -0.39 is 0 Å². The number of hydrogen-bond donors (Lipinski definition) is 1. The minimum atomic E-state index is -0.372. The van der Waals surface area contributed by atoms with Gasteiger partial charge < -0.3 is 20.1 Å². The zero-order valence-corrected chi connectivity index (χ0v) is 27.5. The molecule has 3 aromatic rings. The van der Waals surface area contributed by atoms with Gasteiger partial charge in [-0.25, -0.2) is 0 Å². The number of benzene rings is 3. The number of methoxy groups -OCH3 is 1. The van der Waals surface area contributed by atoms with Gasteiger partial charge in [0.15, 0.2) is 11.5 Å². The molecule has 7 heteroatoms. The summed E-state index contributed by atoms with van der Waals surface area (Å²) in [6.07, 6.45) is 2.50. The van der Waals surface area contributed by atoms with Crippen LogP contribution in [0, 0.1) is 5.41 Å². The molecule has 0 radical (unpaired) electrons. The summed E-state index contributed by atoms with van der Waals surface area (Å²) in [7, 11) is 1.75. The average Bonchev–Trinajstić information content (AvgIpc) is 3.30. The summed E-state index contributed by atoms with van der Waals surface area (Å²) in [5, 5.41) is 0. The summed E-state index contributed by atoms with van der Waals surface area (Å²) < 4.78 is 11.9. The monoisotopic (exact) mass is 608 g/mol. The molecule has 3 aliphatic heterocycles. The quantitative estimate of drug-likeness (QED) is 0.333. The maximum Gasteiger partial charge on any atom is 0.248 e. The Labute approximate surface area is 268 Å². The molecular formula is C38H48N4O3. The van der Waals surface area contributed by atoms with E-state index in [4.69, 9.17) is 15.2 Å². The van der Waals surface area contributed by atoms with Gasteiger partial charge in [0.05, 0.1) is 13.7 Å². The normalized spacial score (nSPS) is 22.5. The van der Waals surface area contributed by atoms with E-state index in [1.165, 1.54) is 40.8 Å². The van der Waals surface area contributed by atoms with Gasteiger partial charge in [-0.2, -0.15) is 0 Å². The van der Waals surface area contributed by atoms with Gasteiger partial charge in [-0.15, -0.1) is 0 Å². The van der Waals surface area contributed by atoms with Crippen LogP contribution in [0.2, 0.25) is 0 Å². The van der Waals surface area contributed by atoms with Crippen LogP contribution in [0.25, 0.3) is 0 Å². The van der Waals surface area contributed by atoms with E-state index in [1.54, 1.807) is 7.11 Å². The number of nitrogens with two attached hydrogens (primary N) is 1. The van der Waals surface area contributed by atoms with Crippen molar-refractivity contribution in [2.45, 2.75) is 70.5 Å². The number of piperazine rings is 1. The van der Waals surface area contributed by atoms with Gasteiger partial charge in [0, 0.05) is 79.0 Å². The molecule has 1 saturated carbocycles. The second-order valence-electron chi connectivity index (χ2n) is 14.9. The highest BCUT2D eigenvalue weighted by Gasteiger charge is 2.55. The largest absolute Gasteiger partial charge is 0.493 e. The maximum absolute atomic E-state index is 11.5. The third-order valence-electron chi connectivity index (χ3n) is 10.9. The molecule has 1 atom stereocenters. The number of fused-ring (bicyclic) bond motifs is 1. The summed E-state index contributed by atoms with van der Waals surface area (Å²) in [6, 6.07) is 22.4. The van der Waals surface area contributed by atoms with E-state index in [2.05, 4.69) is 78.8 Å². The Morgan fingerprint density at radius 1 is 1.04 bits per heavy atom. The first-order valence-electron chi connectivity index (χ1n) is 16.6. The third kappa shape index (κ3) is 5.48. The third-order valence-corrected chi connectivity index (χ3v) is 10.9. The molecule has 45 heavy (non-hydrogen) atoms. The molecule has 1 aliphatic carbocycles. The fraction of sp³-hybridized carbons (Fsp3) is 0.500. The van der Waals surface area contributed by atoms with Crippen molar-refractivity contribution in [2.75, 3.05) is 51.3 Å². The topological polar surface area (TPSA) is 71.3 Å².